The molecule has 3 nitrogen and oxygen atoms in total. The van der Waals surface area contributed by atoms with Crippen LogP contribution in [0.25, 0.3) is 5.65 Å². The van der Waals surface area contributed by atoms with Gasteiger partial charge in [-0.2, -0.15) is 5.10 Å². The van der Waals surface area contributed by atoms with Crippen molar-refractivity contribution in [1.82, 2.24) is 14.6 Å². The maximum atomic E-state index is 12.8. The van der Waals surface area contributed by atoms with Gasteiger partial charge in [-0.15, -0.1) is 0 Å². The molecule has 0 fully saturated rings. The number of benzene rings is 1. The standard InChI is InChI=1S/C15H10FN3/c1-11-8-15-17-9-13(10-19(15)18-11)3-2-12-4-6-14(16)7-5-12/h4-10H,1H3. The molecule has 0 aliphatic heterocycles. The summed E-state index contributed by atoms with van der Waals surface area (Å²) in [6.07, 6.45) is 3.53. The number of hydrogen-bond acceptors (Lipinski definition) is 2. The Morgan fingerprint density at radius 3 is 2.63 bits per heavy atom. The van der Waals surface area contributed by atoms with Crippen molar-refractivity contribution in [1.29, 1.82) is 0 Å². The van der Waals surface area contributed by atoms with Gasteiger partial charge in [-0.1, -0.05) is 11.8 Å². The van der Waals surface area contributed by atoms with Crippen molar-refractivity contribution >= 4 is 5.65 Å². The van der Waals surface area contributed by atoms with Crippen LogP contribution < -0.4 is 0 Å². The van der Waals surface area contributed by atoms with E-state index in [0.717, 1.165) is 22.5 Å². The van der Waals surface area contributed by atoms with Crippen molar-refractivity contribution in [2.45, 2.75) is 6.92 Å². The molecule has 3 rings (SSSR count). The fourth-order valence-electron chi connectivity index (χ4n) is 1.74. The maximum absolute atomic E-state index is 12.8. The summed E-state index contributed by atoms with van der Waals surface area (Å²) >= 11 is 0. The number of aryl methyl sites for hydroxylation is 1. The second-order valence-corrected chi connectivity index (χ2v) is 4.19. The maximum Gasteiger partial charge on any atom is 0.155 e. The monoisotopic (exact) mass is 251 g/mol. The number of fused-ring (bicyclic) bond motifs is 1. The molecule has 92 valence electrons. The molecule has 2 heterocycles. The molecule has 0 spiro atoms. The Bertz CT molecular complexity index is 792. The third-order valence-corrected chi connectivity index (χ3v) is 2.63. The first-order chi connectivity index (χ1) is 9.20. The number of halogens is 1. The predicted molar refractivity (Wildman–Crippen MR) is 70.1 cm³/mol. The van der Waals surface area contributed by atoms with Crippen molar-refractivity contribution < 1.29 is 4.39 Å². The first-order valence-corrected chi connectivity index (χ1v) is 5.80. The van der Waals surface area contributed by atoms with Gasteiger partial charge in [-0.05, 0) is 31.2 Å². The average Bonchev–Trinajstić information content (AvgIpc) is 2.77. The Hall–Kier alpha value is -2.67. The molecule has 1 aromatic carbocycles. The quantitative estimate of drug-likeness (QED) is 0.575. The molecule has 0 atom stereocenters. The fraction of sp³-hybridized carbons (Fsp3) is 0.0667. The van der Waals surface area contributed by atoms with Gasteiger partial charge in [0.1, 0.15) is 5.82 Å². The van der Waals surface area contributed by atoms with Crippen LogP contribution in [-0.4, -0.2) is 14.6 Å². The minimum Gasteiger partial charge on any atom is -0.236 e. The van der Waals surface area contributed by atoms with Gasteiger partial charge in [0.25, 0.3) is 0 Å². The van der Waals surface area contributed by atoms with Gasteiger partial charge in [0.2, 0.25) is 0 Å². The Morgan fingerprint density at radius 2 is 1.84 bits per heavy atom. The second-order valence-electron chi connectivity index (χ2n) is 4.19. The molecule has 0 N–H and O–H groups in total. The smallest absolute Gasteiger partial charge is 0.155 e. The van der Waals surface area contributed by atoms with Gasteiger partial charge >= 0.3 is 0 Å². The number of aromatic nitrogens is 3. The van der Waals surface area contributed by atoms with E-state index in [4.69, 9.17) is 0 Å². The van der Waals surface area contributed by atoms with E-state index in [9.17, 15) is 4.39 Å². The van der Waals surface area contributed by atoms with Crippen molar-refractivity contribution in [2.75, 3.05) is 0 Å². The Morgan fingerprint density at radius 1 is 1.11 bits per heavy atom. The lowest BCUT2D eigenvalue weighted by Crippen LogP contribution is -1.91. The van der Waals surface area contributed by atoms with Crippen molar-refractivity contribution in [3.8, 4) is 11.8 Å². The van der Waals surface area contributed by atoms with Gasteiger partial charge in [-0.3, -0.25) is 0 Å². The molecular weight excluding hydrogens is 241 g/mol. The summed E-state index contributed by atoms with van der Waals surface area (Å²) in [5, 5.41) is 4.28. The van der Waals surface area contributed by atoms with Crippen LogP contribution in [0.2, 0.25) is 0 Å². The van der Waals surface area contributed by atoms with E-state index in [0.29, 0.717) is 0 Å². The summed E-state index contributed by atoms with van der Waals surface area (Å²) in [4.78, 5) is 4.27. The molecule has 0 aliphatic carbocycles. The van der Waals surface area contributed by atoms with Crippen LogP contribution in [0.3, 0.4) is 0 Å². The molecular formula is C15H10FN3. The normalized spacial score (nSPS) is 10.2. The average molecular weight is 251 g/mol. The van der Waals surface area contributed by atoms with Gasteiger partial charge < -0.3 is 0 Å². The molecule has 0 saturated heterocycles. The molecule has 0 bridgehead atoms. The van der Waals surface area contributed by atoms with Crippen molar-refractivity contribution in [3.63, 3.8) is 0 Å². The highest BCUT2D eigenvalue weighted by Gasteiger charge is 1.98. The topological polar surface area (TPSA) is 30.2 Å². The van der Waals surface area contributed by atoms with Crippen LogP contribution in [0.4, 0.5) is 4.39 Å². The van der Waals surface area contributed by atoms with Gasteiger partial charge in [0.15, 0.2) is 5.65 Å². The molecule has 0 unspecified atom stereocenters. The molecule has 3 aromatic rings. The summed E-state index contributed by atoms with van der Waals surface area (Å²) < 4.78 is 14.5. The Kier molecular flexibility index (Phi) is 2.73. The number of nitrogens with zero attached hydrogens (tertiary/aromatic N) is 3. The van der Waals surface area contributed by atoms with E-state index in [1.165, 1.54) is 12.1 Å². The molecule has 19 heavy (non-hydrogen) atoms. The van der Waals surface area contributed by atoms with E-state index in [1.54, 1.807) is 22.8 Å². The SMILES string of the molecule is Cc1cc2ncc(C#Cc3ccc(F)cc3)cn2n1. The van der Waals surface area contributed by atoms with E-state index < -0.39 is 0 Å². The first-order valence-electron chi connectivity index (χ1n) is 5.80. The highest BCUT2D eigenvalue weighted by Crippen LogP contribution is 2.05. The van der Waals surface area contributed by atoms with E-state index >= 15 is 0 Å². The zero-order valence-electron chi connectivity index (χ0n) is 10.3. The largest absolute Gasteiger partial charge is 0.236 e. The fourth-order valence-corrected chi connectivity index (χ4v) is 1.74. The van der Waals surface area contributed by atoms with Gasteiger partial charge in [-0.25, -0.2) is 13.9 Å². The molecule has 0 saturated carbocycles. The van der Waals surface area contributed by atoms with Crippen LogP contribution in [0.5, 0.6) is 0 Å². The number of hydrogen-bond donors (Lipinski definition) is 0. The lowest BCUT2D eigenvalue weighted by Gasteiger charge is -1.93. The molecule has 4 heteroatoms. The van der Waals surface area contributed by atoms with Crippen LogP contribution >= 0.6 is 0 Å². The van der Waals surface area contributed by atoms with Crippen LogP contribution in [0.15, 0.2) is 42.7 Å². The van der Waals surface area contributed by atoms with Gasteiger partial charge in [0.05, 0.1) is 11.3 Å². The van der Waals surface area contributed by atoms with E-state index in [-0.39, 0.29) is 5.82 Å². The Balaban J connectivity index is 1.95. The van der Waals surface area contributed by atoms with E-state index in [2.05, 4.69) is 21.9 Å². The zero-order chi connectivity index (χ0) is 13.2. The van der Waals surface area contributed by atoms with Crippen LogP contribution in [0, 0.1) is 24.6 Å². The predicted octanol–water partition coefficient (Wildman–Crippen LogP) is 2.58. The lowest BCUT2D eigenvalue weighted by molar-refractivity contribution is 0.627. The zero-order valence-corrected chi connectivity index (χ0v) is 10.3. The summed E-state index contributed by atoms with van der Waals surface area (Å²) in [5.41, 5.74) is 3.24. The molecule has 0 radical (unpaired) electrons. The summed E-state index contributed by atoms with van der Waals surface area (Å²) in [7, 11) is 0. The lowest BCUT2D eigenvalue weighted by atomic mass is 10.2. The van der Waals surface area contributed by atoms with Crippen molar-refractivity contribution in [3.05, 3.63) is 65.4 Å². The second kappa shape index (κ2) is 4.54. The minimum atomic E-state index is -0.263. The van der Waals surface area contributed by atoms with Gasteiger partial charge in [0, 0.05) is 24.0 Å². The first kappa shape index (κ1) is 11.4. The van der Waals surface area contributed by atoms with Crippen LogP contribution in [0.1, 0.15) is 16.8 Å². The minimum absolute atomic E-state index is 0.263. The molecule has 2 aromatic heterocycles. The molecule has 0 amide bonds. The summed E-state index contributed by atoms with van der Waals surface area (Å²) in [5.74, 6) is 5.68. The third kappa shape index (κ3) is 2.45. The van der Waals surface area contributed by atoms with E-state index in [1.807, 2.05) is 19.2 Å². The highest BCUT2D eigenvalue weighted by atomic mass is 19.1. The third-order valence-electron chi connectivity index (χ3n) is 2.63. The van der Waals surface area contributed by atoms with Crippen LogP contribution in [-0.2, 0) is 0 Å². The summed E-state index contributed by atoms with van der Waals surface area (Å²) in [6, 6.07) is 7.97. The number of rotatable bonds is 0. The van der Waals surface area contributed by atoms with Crippen molar-refractivity contribution in [2.24, 2.45) is 0 Å². The Labute approximate surface area is 109 Å². The highest BCUT2D eigenvalue weighted by molar-refractivity contribution is 5.45. The molecule has 0 aliphatic rings. The summed E-state index contributed by atoms with van der Waals surface area (Å²) in [6.45, 7) is 1.92.